The minimum Gasteiger partial charge on any atom is -0.454 e. The fraction of sp³-hybridized carbons (Fsp3) is 0.200. The van der Waals surface area contributed by atoms with Crippen molar-refractivity contribution < 1.29 is 26.3 Å². The number of sulfone groups is 1. The number of benzene rings is 2. The maximum atomic E-state index is 12.3. The second kappa shape index (κ2) is 6.08. The molecular formula is C15H15NO6S2. The van der Waals surface area contributed by atoms with Crippen molar-refractivity contribution in [2.75, 3.05) is 13.0 Å². The average Bonchev–Trinajstić information content (AvgIpc) is 3.00. The second-order valence-electron chi connectivity index (χ2n) is 5.26. The van der Waals surface area contributed by atoms with Gasteiger partial charge in [-0.2, -0.15) is 0 Å². The number of hydrogen-bond donors (Lipinski definition) is 1. The molecule has 0 aromatic heterocycles. The summed E-state index contributed by atoms with van der Waals surface area (Å²) in [5.41, 5.74) is 0.718. The first kappa shape index (κ1) is 16.7. The summed E-state index contributed by atoms with van der Waals surface area (Å²) in [4.78, 5) is 0.0628. The smallest absolute Gasteiger partial charge is 0.240 e. The lowest BCUT2D eigenvalue weighted by Crippen LogP contribution is -2.23. The molecule has 1 aliphatic rings. The lowest BCUT2D eigenvalue weighted by molar-refractivity contribution is 0.174. The van der Waals surface area contributed by atoms with Gasteiger partial charge in [0.15, 0.2) is 21.3 Å². The van der Waals surface area contributed by atoms with Gasteiger partial charge < -0.3 is 9.47 Å². The van der Waals surface area contributed by atoms with E-state index in [0.717, 1.165) is 11.8 Å². The zero-order valence-electron chi connectivity index (χ0n) is 12.7. The SMILES string of the molecule is CS(=O)(=O)c1ccc(S(=O)(=O)NCc2ccc3c(c2)OCO3)cc1. The largest absolute Gasteiger partial charge is 0.454 e. The molecule has 0 radical (unpaired) electrons. The summed E-state index contributed by atoms with van der Waals surface area (Å²) in [6.07, 6.45) is 1.06. The minimum absolute atomic E-state index is 0.00403. The van der Waals surface area contributed by atoms with E-state index in [1.165, 1.54) is 24.3 Å². The van der Waals surface area contributed by atoms with Gasteiger partial charge in [-0.15, -0.1) is 0 Å². The van der Waals surface area contributed by atoms with Crippen LogP contribution in [0.2, 0.25) is 0 Å². The fourth-order valence-corrected chi connectivity index (χ4v) is 3.83. The molecule has 0 fully saturated rings. The number of sulfonamides is 1. The highest BCUT2D eigenvalue weighted by molar-refractivity contribution is 7.90. The highest BCUT2D eigenvalue weighted by Gasteiger charge is 2.17. The van der Waals surface area contributed by atoms with E-state index in [1.807, 2.05) is 0 Å². The van der Waals surface area contributed by atoms with Crippen molar-refractivity contribution in [3.8, 4) is 11.5 Å². The topological polar surface area (TPSA) is 98.8 Å². The summed E-state index contributed by atoms with van der Waals surface area (Å²) >= 11 is 0. The van der Waals surface area contributed by atoms with Gasteiger partial charge in [-0.3, -0.25) is 0 Å². The van der Waals surface area contributed by atoms with Gasteiger partial charge in [0.2, 0.25) is 16.8 Å². The molecule has 1 heterocycles. The third-order valence-corrected chi connectivity index (χ3v) is 6.01. The molecule has 0 saturated carbocycles. The summed E-state index contributed by atoms with van der Waals surface area (Å²) in [5.74, 6) is 1.20. The average molecular weight is 369 g/mol. The Morgan fingerprint density at radius 3 is 2.21 bits per heavy atom. The van der Waals surface area contributed by atoms with Crippen LogP contribution in [-0.2, 0) is 26.4 Å². The number of ether oxygens (including phenoxy) is 2. The first-order chi connectivity index (χ1) is 11.3. The highest BCUT2D eigenvalue weighted by atomic mass is 32.2. The van der Waals surface area contributed by atoms with Gasteiger partial charge >= 0.3 is 0 Å². The van der Waals surface area contributed by atoms with E-state index in [1.54, 1.807) is 18.2 Å². The normalized spacial score (nSPS) is 13.9. The third kappa shape index (κ3) is 3.53. The zero-order chi connectivity index (χ0) is 17.4. The molecule has 0 aliphatic carbocycles. The summed E-state index contributed by atoms with van der Waals surface area (Å²) in [5, 5.41) is 0. The first-order valence-corrected chi connectivity index (χ1v) is 10.3. The molecule has 0 bridgehead atoms. The monoisotopic (exact) mass is 369 g/mol. The van der Waals surface area contributed by atoms with Crippen LogP contribution in [0.15, 0.2) is 52.3 Å². The highest BCUT2D eigenvalue weighted by Crippen LogP contribution is 2.32. The number of nitrogens with one attached hydrogen (secondary N) is 1. The van der Waals surface area contributed by atoms with E-state index >= 15 is 0 Å². The van der Waals surface area contributed by atoms with Gasteiger partial charge in [-0.05, 0) is 42.0 Å². The lowest BCUT2D eigenvalue weighted by Gasteiger charge is -2.08. The van der Waals surface area contributed by atoms with Crippen LogP contribution in [0.4, 0.5) is 0 Å². The van der Waals surface area contributed by atoms with E-state index in [4.69, 9.17) is 9.47 Å². The van der Waals surface area contributed by atoms with Crippen LogP contribution < -0.4 is 14.2 Å². The first-order valence-electron chi connectivity index (χ1n) is 6.94. The third-order valence-electron chi connectivity index (χ3n) is 3.47. The van der Waals surface area contributed by atoms with E-state index in [9.17, 15) is 16.8 Å². The molecule has 24 heavy (non-hydrogen) atoms. The fourth-order valence-electron chi connectivity index (χ4n) is 2.18. The molecule has 1 N–H and O–H groups in total. The maximum absolute atomic E-state index is 12.3. The predicted octanol–water partition coefficient (Wildman–Crippen LogP) is 1.30. The second-order valence-corrected chi connectivity index (χ2v) is 9.04. The molecule has 0 saturated heterocycles. The molecule has 3 rings (SSSR count). The molecule has 7 nitrogen and oxygen atoms in total. The van der Waals surface area contributed by atoms with Gasteiger partial charge in [0, 0.05) is 12.8 Å². The van der Waals surface area contributed by atoms with Crippen LogP contribution in [0.3, 0.4) is 0 Å². The molecule has 0 atom stereocenters. The van der Waals surface area contributed by atoms with Crippen molar-refractivity contribution in [1.29, 1.82) is 0 Å². The summed E-state index contributed by atoms with van der Waals surface area (Å²) in [6, 6.07) is 10.2. The van der Waals surface area contributed by atoms with E-state index in [-0.39, 0.29) is 23.1 Å². The van der Waals surface area contributed by atoms with Crippen LogP contribution >= 0.6 is 0 Å². The molecule has 2 aromatic rings. The molecule has 1 aliphatic heterocycles. The van der Waals surface area contributed by atoms with Crippen LogP contribution in [0, 0.1) is 0 Å². The summed E-state index contributed by atoms with van der Waals surface area (Å²) in [7, 11) is -7.12. The van der Waals surface area contributed by atoms with Gasteiger partial charge in [0.05, 0.1) is 9.79 Å². The molecule has 0 spiro atoms. The minimum atomic E-state index is -3.75. The number of fused-ring (bicyclic) bond motifs is 1. The van der Waals surface area contributed by atoms with Crippen molar-refractivity contribution in [1.82, 2.24) is 4.72 Å². The van der Waals surface area contributed by atoms with Gasteiger partial charge in [-0.1, -0.05) is 6.07 Å². The zero-order valence-corrected chi connectivity index (χ0v) is 14.4. The van der Waals surface area contributed by atoms with Gasteiger partial charge in [-0.25, -0.2) is 21.6 Å². The van der Waals surface area contributed by atoms with Crippen LogP contribution in [0.5, 0.6) is 11.5 Å². The Bertz CT molecular complexity index is 966. The van der Waals surface area contributed by atoms with Crippen molar-refractivity contribution >= 4 is 19.9 Å². The number of rotatable bonds is 5. The molecule has 0 unspecified atom stereocenters. The standard InChI is InChI=1S/C15H15NO6S2/c1-23(17,18)12-3-5-13(6-4-12)24(19,20)16-9-11-2-7-14-15(8-11)22-10-21-14/h2-8,16H,9-10H2,1H3. The van der Waals surface area contributed by atoms with Crippen molar-refractivity contribution in [3.05, 3.63) is 48.0 Å². The van der Waals surface area contributed by atoms with Gasteiger partial charge in [0.1, 0.15) is 0 Å². The molecule has 128 valence electrons. The Hall–Kier alpha value is -2.10. The van der Waals surface area contributed by atoms with Gasteiger partial charge in [0.25, 0.3) is 0 Å². The Kier molecular flexibility index (Phi) is 4.24. The van der Waals surface area contributed by atoms with E-state index < -0.39 is 19.9 Å². The summed E-state index contributed by atoms with van der Waals surface area (Å²) in [6.45, 7) is 0.226. The van der Waals surface area contributed by atoms with Crippen LogP contribution in [-0.4, -0.2) is 29.9 Å². The van der Waals surface area contributed by atoms with E-state index in [0.29, 0.717) is 11.5 Å². The Balaban J connectivity index is 1.74. The molecule has 2 aromatic carbocycles. The predicted molar refractivity (Wildman–Crippen MR) is 86.1 cm³/mol. The Morgan fingerprint density at radius 2 is 1.54 bits per heavy atom. The Labute approximate surface area is 140 Å². The summed E-state index contributed by atoms with van der Waals surface area (Å²) < 4.78 is 60.3. The molecule has 9 heteroatoms. The van der Waals surface area contributed by atoms with Crippen molar-refractivity contribution in [2.45, 2.75) is 16.3 Å². The van der Waals surface area contributed by atoms with Crippen molar-refractivity contribution in [3.63, 3.8) is 0 Å². The molecule has 0 amide bonds. The van der Waals surface area contributed by atoms with Crippen molar-refractivity contribution in [2.24, 2.45) is 0 Å². The Morgan fingerprint density at radius 1 is 0.917 bits per heavy atom. The van der Waals surface area contributed by atoms with E-state index in [2.05, 4.69) is 4.72 Å². The lowest BCUT2D eigenvalue weighted by atomic mass is 10.2. The maximum Gasteiger partial charge on any atom is 0.240 e. The quantitative estimate of drug-likeness (QED) is 0.853. The van der Waals surface area contributed by atoms with Crippen LogP contribution in [0.1, 0.15) is 5.56 Å². The van der Waals surface area contributed by atoms with Crippen LogP contribution in [0.25, 0.3) is 0 Å². The molecular weight excluding hydrogens is 354 g/mol. The number of hydrogen-bond acceptors (Lipinski definition) is 6.